The van der Waals surface area contributed by atoms with E-state index in [0.717, 1.165) is 11.5 Å². The highest BCUT2D eigenvalue weighted by Crippen LogP contribution is 2.49. The van der Waals surface area contributed by atoms with Gasteiger partial charge in [-0.3, -0.25) is 0 Å². The van der Waals surface area contributed by atoms with E-state index in [9.17, 15) is 0 Å². The quantitative estimate of drug-likeness (QED) is 0.253. The third kappa shape index (κ3) is 3.10. The van der Waals surface area contributed by atoms with E-state index < -0.39 is 0 Å². The number of benzene rings is 3. The molecule has 0 unspecified atom stereocenters. The number of fused-ring (bicyclic) bond motifs is 3. The van der Waals surface area contributed by atoms with Gasteiger partial charge in [-0.1, -0.05) is 57.4 Å². The molecule has 2 nitrogen and oxygen atoms in total. The first kappa shape index (κ1) is 20.7. The van der Waals surface area contributed by atoms with Crippen LogP contribution in [0.15, 0.2) is 42.5 Å². The number of ether oxygens (including phenoxy) is 1. The van der Waals surface area contributed by atoms with Crippen LogP contribution in [0.25, 0.3) is 32.9 Å². The molecule has 0 saturated heterocycles. The Bertz CT molecular complexity index is 1420. The molecule has 2 heterocycles. The van der Waals surface area contributed by atoms with Gasteiger partial charge in [-0.05, 0) is 72.2 Å². The number of aryl methyl sites for hydroxylation is 2. The molecule has 1 aliphatic carbocycles. The Morgan fingerprint density at radius 2 is 1.73 bits per heavy atom. The van der Waals surface area contributed by atoms with E-state index in [2.05, 4.69) is 81.8 Å². The molecule has 2 aliphatic rings. The Balaban J connectivity index is 1.67. The van der Waals surface area contributed by atoms with E-state index in [1.54, 1.807) is 0 Å². The van der Waals surface area contributed by atoms with Crippen molar-refractivity contribution in [2.45, 2.75) is 71.6 Å². The van der Waals surface area contributed by atoms with Crippen LogP contribution in [0.4, 0.5) is 0 Å². The second-order valence-corrected chi connectivity index (χ2v) is 10.6. The highest BCUT2D eigenvalue weighted by molar-refractivity contribution is 6.05. The molecule has 33 heavy (non-hydrogen) atoms. The van der Waals surface area contributed by atoms with Crippen molar-refractivity contribution in [3.8, 4) is 22.8 Å². The second-order valence-electron chi connectivity index (χ2n) is 10.6. The molecule has 0 radical (unpaired) electrons. The highest BCUT2D eigenvalue weighted by Gasteiger charge is 2.33. The first-order chi connectivity index (χ1) is 15.9. The van der Waals surface area contributed by atoms with Crippen LogP contribution in [-0.4, -0.2) is 0 Å². The molecule has 1 aromatic heterocycles. The van der Waals surface area contributed by atoms with Crippen LogP contribution in [-0.2, 0) is 7.05 Å². The van der Waals surface area contributed by atoms with Crippen molar-refractivity contribution >= 4 is 21.7 Å². The maximum Gasteiger partial charge on any atom is 0.256 e. The van der Waals surface area contributed by atoms with Crippen molar-refractivity contribution in [3.05, 3.63) is 64.7 Å². The third-order valence-electron chi connectivity index (χ3n) is 8.23. The first-order valence-corrected chi connectivity index (χ1v) is 12.7. The predicted molar refractivity (Wildman–Crippen MR) is 138 cm³/mol. The van der Waals surface area contributed by atoms with E-state index >= 15 is 0 Å². The zero-order valence-electron chi connectivity index (χ0n) is 20.6. The van der Waals surface area contributed by atoms with E-state index in [1.807, 2.05) is 0 Å². The fraction of sp³-hybridized carbons (Fsp3) is 0.387. The highest BCUT2D eigenvalue weighted by atomic mass is 16.5. The molecule has 0 bridgehead atoms. The van der Waals surface area contributed by atoms with Gasteiger partial charge in [0.05, 0.1) is 10.9 Å². The summed E-state index contributed by atoms with van der Waals surface area (Å²) in [6.07, 6.45) is 6.68. The van der Waals surface area contributed by atoms with E-state index in [4.69, 9.17) is 4.74 Å². The van der Waals surface area contributed by atoms with Gasteiger partial charge < -0.3 is 4.74 Å². The average Bonchev–Trinajstić information content (AvgIpc) is 2.81. The van der Waals surface area contributed by atoms with Crippen LogP contribution in [0, 0.1) is 13.8 Å². The average molecular weight is 437 g/mol. The second kappa shape index (κ2) is 7.58. The van der Waals surface area contributed by atoms with Gasteiger partial charge in [-0.2, -0.15) is 4.57 Å². The molecule has 1 fully saturated rings. The van der Waals surface area contributed by atoms with Crippen molar-refractivity contribution in [1.29, 1.82) is 0 Å². The van der Waals surface area contributed by atoms with Crippen LogP contribution >= 0.6 is 0 Å². The zero-order valence-corrected chi connectivity index (χ0v) is 20.6. The molecule has 1 aliphatic heterocycles. The summed E-state index contributed by atoms with van der Waals surface area (Å²) in [5, 5.41) is 3.90. The zero-order chi connectivity index (χ0) is 22.9. The molecule has 6 rings (SSSR count). The van der Waals surface area contributed by atoms with E-state index in [-0.39, 0.29) is 0 Å². The number of rotatable bonds is 2. The normalized spacial score (nSPS) is 15.8. The minimum atomic E-state index is 0.464. The summed E-state index contributed by atoms with van der Waals surface area (Å²) < 4.78 is 9.13. The summed E-state index contributed by atoms with van der Waals surface area (Å²) >= 11 is 0. The molecule has 0 N–H and O–H groups in total. The molecule has 168 valence electrons. The van der Waals surface area contributed by atoms with Gasteiger partial charge in [0.25, 0.3) is 5.69 Å². The molecule has 0 atom stereocenters. The number of aromatic nitrogens is 1. The molecular formula is C31H34NO+. The van der Waals surface area contributed by atoms with Crippen molar-refractivity contribution in [1.82, 2.24) is 0 Å². The number of hydrogen-bond donors (Lipinski definition) is 0. The van der Waals surface area contributed by atoms with E-state index in [0.29, 0.717) is 11.8 Å². The van der Waals surface area contributed by atoms with Crippen LogP contribution in [0.1, 0.15) is 80.0 Å². The summed E-state index contributed by atoms with van der Waals surface area (Å²) in [7, 11) is 2.22. The Labute approximate surface area is 197 Å². The summed E-state index contributed by atoms with van der Waals surface area (Å²) in [5.74, 6) is 3.13. The first-order valence-electron chi connectivity index (χ1n) is 12.7. The van der Waals surface area contributed by atoms with Crippen LogP contribution in [0.3, 0.4) is 0 Å². The standard InChI is InChI=1S/C31H34NO/c1-18(2)22-15-23-14-19(3)20(4)29-30(23)27(16-22)33-28-17-25-24(21-10-7-6-8-11-21)12-9-13-26(25)32(5)31(28)29/h9,12-18,21H,6-8,10-11H2,1-5H3/q+1. The SMILES string of the molecule is Cc1cc2cc(C(C)C)cc3c2c(c1C)-c1c(cc2c(C4CCCCC4)cccc2[n+]1C)O3. The fourth-order valence-electron chi connectivity index (χ4n) is 6.24. The monoisotopic (exact) mass is 436 g/mol. The molecular weight excluding hydrogens is 402 g/mol. The maximum absolute atomic E-state index is 6.75. The number of pyridine rings is 1. The molecule has 1 saturated carbocycles. The van der Waals surface area contributed by atoms with Crippen molar-refractivity contribution in [2.24, 2.45) is 7.05 Å². The van der Waals surface area contributed by atoms with Crippen LogP contribution in [0.5, 0.6) is 11.5 Å². The van der Waals surface area contributed by atoms with Gasteiger partial charge in [-0.15, -0.1) is 0 Å². The van der Waals surface area contributed by atoms with Gasteiger partial charge in [0.1, 0.15) is 12.8 Å². The fourth-order valence-corrected chi connectivity index (χ4v) is 6.24. The van der Waals surface area contributed by atoms with Crippen LogP contribution in [0.2, 0.25) is 0 Å². The maximum atomic E-state index is 6.75. The Morgan fingerprint density at radius 3 is 2.48 bits per heavy atom. The van der Waals surface area contributed by atoms with Gasteiger partial charge in [0.15, 0.2) is 5.75 Å². The lowest BCUT2D eigenvalue weighted by atomic mass is 9.82. The number of nitrogens with zero attached hydrogens (tertiary/aromatic N) is 1. The smallest absolute Gasteiger partial charge is 0.256 e. The molecule has 0 amide bonds. The predicted octanol–water partition coefficient (Wildman–Crippen LogP) is 8.38. The summed E-state index contributed by atoms with van der Waals surface area (Å²) in [6.45, 7) is 9.03. The summed E-state index contributed by atoms with van der Waals surface area (Å²) in [6, 6.07) is 16.2. The third-order valence-corrected chi connectivity index (χ3v) is 8.23. The van der Waals surface area contributed by atoms with Crippen molar-refractivity contribution in [2.75, 3.05) is 0 Å². The van der Waals surface area contributed by atoms with Crippen molar-refractivity contribution < 1.29 is 9.30 Å². The molecule has 0 spiro atoms. The lowest BCUT2D eigenvalue weighted by Gasteiger charge is -2.25. The van der Waals surface area contributed by atoms with Gasteiger partial charge in [0, 0.05) is 17.5 Å². The minimum absolute atomic E-state index is 0.464. The van der Waals surface area contributed by atoms with Crippen molar-refractivity contribution in [3.63, 3.8) is 0 Å². The minimum Gasteiger partial charge on any atom is -0.450 e. The number of hydrogen-bond acceptors (Lipinski definition) is 1. The molecule has 3 aromatic carbocycles. The largest absolute Gasteiger partial charge is 0.450 e. The van der Waals surface area contributed by atoms with E-state index in [1.165, 1.54) is 87.3 Å². The Morgan fingerprint density at radius 1 is 0.939 bits per heavy atom. The lowest BCUT2D eigenvalue weighted by molar-refractivity contribution is -0.633. The summed E-state index contributed by atoms with van der Waals surface area (Å²) in [5.41, 5.74) is 9.38. The topological polar surface area (TPSA) is 13.1 Å². The van der Waals surface area contributed by atoms with Gasteiger partial charge in [-0.25, -0.2) is 0 Å². The Kier molecular flexibility index (Phi) is 4.76. The Hall–Kier alpha value is -2.87. The van der Waals surface area contributed by atoms with Gasteiger partial charge >= 0.3 is 0 Å². The van der Waals surface area contributed by atoms with Crippen LogP contribution < -0.4 is 9.30 Å². The molecule has 4 aromatic rings. The molecule has 2 heteroatoms. The van der Waals surface area contributed by atoms with Gasteiger partial charge in [0.2, 0.25) is 5.52 Å². The lowest BCUT2D eigenvalue weighted by Crippen LogP contribution is -2.34. The summed E-state index contributed by atoms with van der Waals surface area (Å²) in [4.78, 5) is 0.